The summed E-state index contributed by atoms with van der Waals surface area (Å²) in [5.41, 5.74) is -0.370. The number of halogens is 2. The van der Waals surface area contributed by atoms with Gasteiger partial charge in [-0.3, -0.25) is 4.79 Å². The Morgan fingerprint density at radius 3 is 2.65 bits per heavy atom. The SMILES string of the molecule is CCOC(=O)C1(N(C)C(=O)c2cc(Cl)ccc2Br)CC1. The average Bonchev–Trinajstić information content (AvgIpc) is 3.22. The van der Waals surface area contributed by atoms with Crippen LogP contribution in [0.2, 0.25) is 5.02 Å². The first-order valence-corrected chi connectivity index (χ1v) is 7.50. The monoisotopic (exact) mass is 359 g/mol. The first-order chi connectivity index (χ1) is 9.42. The van der Waals surface area contributed by atoms with Crippen molar-refractivity contribution in [2.24, 2.45) is 0 Å². The number of carbonyl (C=O) groups is 2. The number of benzene rings is 1. The van der Waals surface area contributed by atoms with Gasteiger partial charge in [-0.2, -0.15) is 0 Å². The molecule has 0 atom stereocenters. The van der Waals surface area contributed by atoms with Crippen LogP contribution in [0.5, 0.6) is 0 Å². The molecule has 108 valence electrons. The molecule has 1 aliphatic rings. The Hall–Kier alpha value is -1.07. The fourth-order valence-electron chi connectivity index (χ4n) is 2.10. The molecule has 0 aromatic heterocycles. The molecule has 6 heteroatoms. The molecule has 20 heavy (non-hydrogen) atoms. The summed E-state index contributed by atoms with van der Waals surface area (Å²) >= 11 is 9.26. The molecule has 2 rings (SSSR count). The Morgan fingerprint density at radius 1 is 1.45 bits per heavy atom. The lowest BCUT2D eigenvalue weighted by Crippen LogP contribution is -2.45. The van der Waals surface area contributed by atoms with Crippen molar-refractivity contribution < 1.29 is 14.3 Å². The lowest BCUT2D eigenvalue weighted by Gasteiger charge is -2.26. The van der Waals surface area contributed by atoms with Gasteiger partial charge in [0.25, 0.3) is 5.91 Å². The van der Waals surface area contributed by atoms with Crippen molar-refractivity contribution in [1.82, 2.24) is 4.90 Å². The van der Waals surface area contributed by atoms with E-state index in [1.165, 1.54) is 4.90 Å². The molecule has 1 fully saturated rings. The molecule has 0 spiro atoms. The van der Waals surface area contributed by atoms with Crippen molar-refractivity contribution in [3.63, 3.8) is 0 Å². The highest BCUT2D eigenvalue weighted by Crippen LogP contribution is 2.43. The van der Waals surface area contributed by atoms with Gasteiger partial charge in [-0.05, 0) is 53.9 Å². The zero-order valence-corrected chi connectivity index (χ0v) is 13.6. The van der Waals surface area contributed by atoms with Crippen molar-refractivity contribution in [3.05, 3.63) is 33.3 Å². The second-order valence-electron chi connectivity index (χ2n) is 4.74. The van der Waals surface area contributed by atoms with Gasteiger partial charge in [-0.15, -0.1) is 0 Å². The van der Waals surface area contributed by atoms with Crippen LogP contribution in [0.3, 0.4) is 0 Å². The van der Waals surface area contributed by atoms with E-state index in [2.05, 4.69) is 15.9 Å². The number of nitrogens with zero attached hydrogens (tertiary/aromatic N) is 1. The Bertz CT molecular complexity index is 557. The maximum absolute atomic E-state index is 12.5. The van der Waals surface area contributed by atoms with Gasteiger partial charge in [-0.1, -0.05) is 11.6 Å². The maximum Gasteiger partial charge on any atom is 0.332 e. The predicted molar refractivity (Wildman–Crippen MR) is 79.8 cm³/mol. The summed E-state index contributed by atoms with van der Waals surface area (Å²) in [6.45, 7) is 2.06. The summed E-state index contributed by atoms with van der Waals surface area (Å²) in [4.78, 5) is 26.0. The summed E-state index contributed by atoms with van der Waals surface area (Å²) in [5.74, 6) is -0.584. The molecular weight excluding hydrogens is 346 g/mol. The Labute approximate surface area is 131 Å². The van der Waals surface area contributed by atoms with Crippen molar-refractivity contribution in [1.29, 1.82) is 0 Å². The normalized spacial score (nSPS) is 15.6. The molecule has 0 unspecified atom stereocenters. The van der Waals surface area contributed by atoms with Crippen LogP contribution in [-0.2, 0) is 9.53 Å². The highest BCUT2D eigenvalue weighted by molar-refractivity contribution is 9.10. The molecule has 0 heterocycles. The van der Waals surface area contributed by atoms with E-state index in [0.717, 1.165) is 0 Å². The van der Waals surface area contributed by atoms with Crippen LogP contribution in [-0.4, -0.2) is 36.0 Å². The number of esters is 1. The Balaban J connectivity index is 2.25. The molecule has 0 N–H and O–H groups in total. The number of amides is 1. The standard InChI is InChI=1S/C14H15BrClNO3/c1-3-20-13(19)14(6-7-14)17(2)12(18)10-8-9(16)4-5-11(10)15/h4-5,8H,3,6-7H2,1-2H3. The van der Waals surface area contributed by atoms with Crippen LogP contribution in [0.15, 0.2) is 22.7 Å². The van der Waals surface area contributed by atoms with Crippen LogP contribution in [0.1, 0.15) is 30.1 Å². The quantitative estimate of drug-likeness (QED) is 0.774. The summed E-state index contributed by atoms with van der Waals surface area (Å²) in [7, 11) is 1.62. The van der Waals surface area contributed by atoms with Crippen LogP contribution in [0.4, 0.5) is 0 Å². The third kappa shape index (κ3) is 2.69. The van der Waals surface area contributed by atoms with Gasteiger partial charge in [0.1, 0.15) is 5.54 Å². The van der Waals surface area contributed by atoms with E-state index in [0.29, 0.717) is 34.5 Å². The minimum Gasteiger partial charge on any atom is -0.464 e. The number of rotatable bonds is 4. The molecule has 0 aliphatic heterocycles. The van der Waals surface area contributed by atoms with Crippen molar-refractivity contribution in [2.45, 2.75) is 25.3 Å². The van der Waals surface area contributed by atoms with Crippen molar-refractivity contribution in [3.8, 4) is 0 Å². The second kappa shape index (κ2) is 5.74. The fourth-order valence-corrected chi connectivity index (χ4v) is 2.69. The second-order valence-corrected chi connectivity index (χ2v) is 6.03. The smallest absolute Gasteiger partial charge is 0.332 e. The van der Waals surface area contributed by atoms with Crippen LogP contribution in [0, 0.1) is 0 Å². The molecule has 1 aromatic carbocycles. The van der Waals surface area contributed by atoms with E-state index in [1.54, 1.807) is 32.2 Å². The number of carbonyl (C=O) groups excluding carboxylic acids is 2. The van der Waals surface area contributed by atoms with E-state index in [9.17, 15) is 9.59 Å². The number of hydrogen-bond acceptors (Lipinski definition) is 3. The van der Waals surface area contributed by atoms with E-state index in [-0.39, 0.29) is 11.9 Å². The fraction of sp³-hybridized carbons (Fsp3) is 0.429. The van der Waals surface area contributed by atoms with Crippen LogP contribution >= 0.6 is 27.5 Å². The minimum absolute atomic E-state index is 0.245. The molecule has 4 nitrogen and oxygen atoms in total. The molecule has 0 saturated heterocycles. The maximum atomic E-state index is 12.5. The lowest BCUT2D eigenvalue weighted by atomic mass is 10.1. The molecule has 1 saturated carbocycles. The van der Waals surface area contributed by atoms with Gasteiger partial charge in [0.2, 0.25) is 0 Å². The molecule has 1 amide bonds. The Kier molecular flexibility index (Phi) is 4.39. The summed E-state index contributed by atoms with van der Waals surface area (Å²) in [6, 6.07) is 5.00. The third-order valence-electron chi connectivity index (χ3n) is 3.48. The number of likely N-dealkylation sites (N-methyl/N-ethyl adjacent to an activating group) is 1. The molecule has 0 bridgehead atoms. The third-order valence-corrected chi connectivity index (χ3v) is 4.41. The first-order valence-electron chi connectivity index (χ1n) is 6.33. The number of hydrogen-bond donors (Lipinski definition) is 0. The highest BCUT2D eigenvalue weighted by atomic mass is 79.9. The van der Waals surface area contributed by atoms with Gasteiger partial charge in [0.15, 0.2) is 0 Å². The van der Waals surface area contributed by atoms with Gasteiger partial charge in [0.05, 0.1) is 12.2 Å². The summed E-state index contributed by atoms with van der Waals surface area (Å²) < 4.78 is 5.71. The van der Waals surface area contributed by atoms with Gasteiger partial charge in [-0.25, -0.2) is 4.79 Å². The van der Waals surface area contributed by atoms with Crippen LogP contribution < -0.4 is 0 Å². The molecular formula is C14H15BrClNO3. The highest BCUT2D eigenvalue weighted by Gasteiger charge is 2.56. The minimum atomic E-state index is -0.811. The number of ether oxygens (including phenoxy) is 1. The first kappa shape index (κ1) is 15.3. The summed E-state index contributed by atoms with van der Waals surface area (Å²) in [6.07, 6.45) is 1.26. The van der Waals surface area contributed by atoms with E-state index in [4.69, 9.17) is 16.3 Å². The largest absolute Gasteiger partial charge is 0.464 e. The van der Waals surface area contributed by atoms with Gasteiger partial charge in [0, 0.05) is 16.5 Å². The summed E-state index contributed by atoms with van der Waals surface area (Å²) in [5, 5.41) is 0.478. The zero-order valence-electron chi connectivity index (χ0n) is 11.3. The van der Waals surface area contributed by atoms with E-state index < -0.39 is 5.54 Å². The topological polar surface area (TPSA) is 46.6 Å². The van der Waals surface area contributed by atoms with E-state index >= 15 is 0 Å². The van der Waals surface area contributed by atoms with Crippen molar-refractivity contribution in [2.75, 3.05) is 13.7 Å². The van der Waals surface area contributed by atoms with Gasteiger partial charge < -0.3 is 9.64 Å². The molecule has 0 radical (unpaired) electrons. The molecule has 1 aliphatic carbocycles. The van der Waals surface area contributed by atoms with Crippen molar-refractivity contribution >= 4 is 39.4 Å². The average molecular weight is 361 g/mol. The lowest BCUT2D eigenvalue weighted by molar-refractivity contribution is -0.149. The predicted octanol–water partition coefficient (Wildman–Crippen LogP) is 3.27. The Morgan fingerprint density at radius 2 is 2.10 bits per heavy atom. The van der Waals surface area contributed by atoms with E-state index in [1.807, 2.05) is 0 Å². The van der Waals surface area contributed by atoms with Gasteiger partial charge >= 0.3 is 5.97 Å². The molecule has 1 aromatic rings. The van der Waals surface area contributed by atoms with Crippen LogP contribution in [0.25, 0.3) is 0 Å². The zero-order chi connectivity index (χ0) is 14.9.